The zero-order valence-electron chi connectivity index (χ0n) is 9.37. The van der Waals surface area contributed by atoms with E-state index in [1.165, 1.54) is 12.3 Å². The molecule has 0 spiro atoms. The average Bonchev–Trinajstić information content (AvgIpc) is 2.38. The van der Waals surface area contributed by atoms with Gasteiger partial charge in [-0.15, -0.1) is 0 Å². The van der Waals surface area contributed by atoms with Gasteiger partial charge >= 0.3 is 0 Å². The Hall–Kier alpha value is -2.00. The Morgan fingerprint density at radius 3 is 2.76 bits per heavy atom. The highest BCUT2D eigenvalue weighted by Gasteiger charge is 2.18. The average molecular weight is 227 g/mol. The summed E-state index contributed by atoms with van der Waals surface area (Å²) in [4.78, 5) is 15.7. The second-order valence-electron chi connectivity index (χ2n) is 3.67. The number of rotatable bonds is 4. The zero-order chi connectivity index (χ0) is 12.1. The smallest absolute Gasteiger partial charge is 0.192 e. The minimum atomic E-state index is -0.584. The molecule has 1 aromatic carbocycles. The number of carbonyl (C=O) groups excluding carboxylic acids is 1. The molecule has 3 nitrogen and oxygen atoms in total. The van der Waals surface area contributed by atoms with E-state index in [1.54, 1.807) is 6.08 Å². The van der Waals surface area contributed by atoms with Crippen molar-refractivity contribution in [1.29, 1.82) is 0 Å². The Morgan fingerprint density at radius 2 is 2.12 bits per heavy atom. The van der Waals surface area contributed by atoms with Gasteiger partial charge < -0.3 is 4.74 Å². The van der Waals surface area contributed by atoms with Crippen LogP contribution in [0.1, 0.15) is 5.56 Å². The molecule has 0 bridgehead atoms. The molecule has 0 saturated carbocycles. The number of carbonyl (C=O) groups is 1. The first-order valence-electron chi connectivity index (χ1n) is 5.37. The lowest BCUT2D eigenvalue weighted by Crippen LogP contribution is -2.26. The molecule has 1 aliphatic rings. The Balaban J connectivity index is 1.94. The maximum Gasteiger partial charge on any atom is 0.192 e. The second-order valence-corrected chi connectivity index (χ2v) is 3.67. The zero-order valence-corrected chi connectivity index (χ0v) is 9.37. The third-order valence-electron chi connectivity index (χ3n) is 2.41. The molecule has 0 radical (unpaired) electrons. The fourth-order valence-corrected chi connectivity index (χ4v) is 1.49. The van der Waals surface area contributed by atoms with Crippen molar-refractivity contribution in [2.75, 3.05) is 0 Å². The van der Waals surface area contributed by atoms with Gasteiger partial charge in [0.05, 0.1) is 12.3 Å². The molecule has 0 amide bonds. The molecule has 0 aromatic heterocycles. The number of hydrogen-bond donors (Lipinski definition) is 0. The largest absolute Gasteiger partial charge is 0.360 e. The number of benzene rings is 1. The fraction of sp³-hybridized carbons (Fsp3) is 0.143. The summed E-state index contributed by atoms with van der Waals surface area (Å²) >= 11 is 0. The van der Waals surface area contributed by atoms with E-state index in [2.05, 4.69) is 11.6 Å². The van der Waals surface area contributed by atoms with Crippen LogP contribution in [0.2, 0.25) is 0 Å². The van der Waals surface area contributed by atoms with E-state index in [9.17, 15) is 4.79 Å². The quantitative estimate of drug-likeness (QED) is 0.791. The van der Waals surface area contributed by atoms with Gasteiger partial charge in [-0.3, -0.25) is 9.79 Å². The van der Waals surface area contributed by atoms with Crippen molar-refractivity contribution in [3.05, 3.63) is 60.3 Å². The Labute approximate surface area is 100 Å². The molecule has 1 atom stereocenters. The van der Waals surface area contributed by atoms with Gasteiger partial charge in [-0.1, -0.05) is 36.9 Å². The highest BCUT2D eigenvalue weighted by molar-refractivity contribution is 6.07. The van der Waals surface area contributed by atoms with Crippen LogP contribution in [0.3, 0.4) is 0 Å². The van der Waals surface area contributed by atoms with Gasteiger partial charge in [-0.25, -0.2) is 0 Å². The summed E-state index contributed by atoms with van der Waals surface area (Å²) in [6.07, 6.45) is 3.92. The van der Waals surface area contributed by atoms with Gasteiger partial charge in [0.2, 0.25) is 0 Å². The number of nitrogens with zero attached hydrogens (tertiary/aromatic N) is 1. The van der Waals surface area contributed by atoms with Crippen LogP contribution in [0, 0.1) is 0 Å². The Kier molecular flexibility index (Phi) is 3.62. The van der Waals surface area contributed by atoms with E-state index >= 15 is 0 Å². The SMILES string of the molecule is C=CC1=CC(=O)C(OCc2ccccc2)C=N1. The fourth-order valence-electron chi connectivity index (χ4n) is 1.49. The maximum atomic E-state index is 11.6. The number of ketones is 1. The molecular formula is C14H13NO2. The molecule has 0 aliphatic carbocycles. The molecule has 0 N–H and O–H groups in total. The highest BCUT2D eigenvalue weighted by atomic mass is 16.5. The molecule has 86 valence electrons. The van der Waals surface area contributed by atoms with Crippen molar-refractivity contribution in [2.45, 2.75) is 12.7 Å². The molecule has 1 aliphatic heterocycles. The van der Waals surface area contributed by atoms with E-state index in [0.717, 1.165) is 5.56 Å². The van der Waals surface area contributed by atoms with Gasteiger partial charge in [-0.05, 0) is 11.6 Å². The van der Waals surface area contributed by atoms with Crippen LogP contribution in [-0.4, -0.2) is 18.1 Å². The van der Waals surface area contributed by atoms with Crippen molar-refractivity contribution in [1.82, 2.24) is 0 Å². The number of hydrogen-bond acceptors (Lipinski definition) is 3. The first-order valence-corrected chi connectivity index (χ1v) is 5.37. The van der Waals surface area contributed by atoms with Crippen LogP contribution >= 0.6 is 0 Å². The molecule has 1 heterocycles. The molecule has 2 rings (SSSR count). The summed E-state index contributed by atoms with van der Waals surface area (Å²) in [5.41, 5.74) is 1.61. The van der Waals surface area contributed by atoms with Crippen LogP contribution in [0.25, 0.3) is 0 Å². The van der Waals surface area contributed by atoms with Crippen molar-refractivity contribution >= 4 is 12.0 Å². The summed E-state index contributed by atoms with van der Waals surface area (Å²) in [7, 11) is 0. The first-order chi connectivity index (χ1) is 8.29. The molecular weight excluding hydrogens is 214 g/mol. The molecule has 0 saturated heterocycles. The monoisotopic (exact) mass is 227 g/mol. The molecule has 1 unspecified atom stereocenters. The van der Waals surface area contributed by atoms with E-state index in [0.29, 0.717) is 12.3 Å². The van der Waals surface area contributed by atoms with Gasteiger partial charge in [0, 0.05) is 12.3 Å². The number of allylic oxidation sites excluding steroid dienone is 1. The van der Waals surface area contributed by atoms with E-state index < -0.39 is 6.10 Å². The van der Waals surface area contributed by atoms with Crippen molar-refractivity contribution < 1.29 is 9.53 Å². The predicted molar refractivity (Wildman–Crippen MR) is 66.8 cm³/mol. The third-order valence-corrected chi connectivity index (χ3v) is 2.41. The van der Waals surface area contributed by atoms with Crippen molar-refractivity contribution in [2.24, 2.45) is 4.99 Å². The molecule has 3 heteroatoms. The minimum Gasteiger partial charge on any atom is -0.360 e. The van der Waals surface area contributed by atoms with Crippen LogP contribution < -0.4 is 0 Å². The molecule has 1 aromatic rings. The van der Waals surface area contributed by atoms with Crippen LogP contribution in [0.15, 0.2) is 59.8 Å². The topological polar surface area (TPSA) is 38.7 Å². The maximum absolute atomic E-state index is 11.6. The summed E-state index contributed by atoms with van der Waals surface area (Å²) < 4.78 is 5.50. The summed E-state index contributed by atoms with van der Waals surface area (Å²) in [5.74, 6) is -0.0918. The second kappa shape index (κ2) is 5.37. The van der Waals surface area contributed by atoms with Gasteiger partial charge in [-0.2, -0.15) is 0 Å². The van der Waals surface area contributed by atoms with Gasteiger partial charge in [0.15, 0.2) is 11.9 Å². The summed E-state index contributed by atoms with van der Waals surface area (Å²) in [6, 6.07) is 9.72. The third kappa shape index (κ3) is 2.98. The predicted octanol–water partition coefficient (Wildman–Crippen LogP) is 2.30. The first kappa shape index (κ1) is 11.5. The molecule has 17 heavy (non-hydrogen) atoms. The van der Waals surface area contributed by atoms with Crippen molar-refractivity contribution in [3.63, 3.8) is 0 Å². The molecule has 0 fully saturated rings. The van der Waals surface area contributed by atoms with Gasteiger partial charge in [0.1, 0.15) is 0 Å². The lowest BCUT2D eigenvalue weighted by Gasteiger charge is -2.14. The standard InChI is InChI=1S/C14H13NO2/c1-2-12-8-13(16)14(9-15-12)17-10-11-6-4-3-5-7-11/h2-9,14H,1,10H2. The lowest BCUT2D eigenvalue weighted by atomic mass is 10.1. The van der Waals surface area contributed by atoms with E-state index in [1.807, 2.05) is 30.3 Å². The van der Waals surface area contributed by atoms with Gasteiger partial charge in [0.25, 0.3) is 0 Å². The lowest BCUT2D eigenvalue weighted by molar-refractivity contribution is -0.122. The minimum absolute atomic E-state index is 0.0918. The summed E-state index contributed by atoms with van der Waals surface area (Å²) in [6.45, 7) is 3.97. The van der Waals surface area contributed by atoms with Crippen LogP contribution in [-0.2, 0) is 16.1 Å². The summed E-state index contributed by atoms with van der Waals surface area (Å²) in [5, 5.41) is 0. The Morgan fingerprint density at radius 1 is 1.35 bits per heavy atom. The van der Waals surface area contributed by atoms with E-state index in [-0.39, 0.29) is 5.78 Å². The normalized spacial score (nSPS) is 18.9. The van der Waals surface area contributed by atoms with Crippen LogP contribution in [0.5, 0.6) is 0 Å². The Bertz CT molecular complexity index is 474. The van der Waals surface area contributed by atoms with Crippen molar-refractivity contribution in [3.8, 4) is 0 Å². The number of aliphatic imine (C=N–C) groups is 1. The van der Waals surface area contributed by atoms with Crippen LogP contribution in [0.4, 0.5) is 0 Å². The van der Waals surface area contributed by atoms with E-state index in [4.69, 9.17) is 4.74 Å². The number of ether oxygens (including phenoxy) is 1. The highest BCUT2D eigenvalue weighted by Crippen LogP contribution is 2.10.